The second-order valence-corrected chi connectivity index (χ2v) is 10.3. The molecule has 4 amide bonds. The number of imide groups is 1. The minimum absolute atomic E-state index is 0.0270. The highest BCUT2D eigenvalue weighted by molar-refractivity contribution is 8.18. The van der Waals surface area contributed by atoms with Gasteiger partial charge in [0.1, 0.15) is 5.82 Å². The zero-order chi connectivity index (χ0) is 26.5. The zero-order valence-electron chi connectivity index (χ0n) is 20.8. The van der Waals surface area contributed by atoms with E-state index >= 15 is 0 Å². The molecule has 2 heterocycles. The second kappa shape index (κ2) is 11.7. The minimum atomic E-state index is -0.493. The molecule has 0 atom stereocenters. The summed E-state index contributed by atoms with van der Waals surface area (Å²) in [4.78, 5) is 55.4. The molecular formula is C27H29FN4O4S. The van der Waals surface area contributed by atoms with Crippen LogP contribution in [0.15, 0.2) is 53.4 Å². The topological polar surface area (TPSA) is 90.0 Å². The third-order valence-electron chi connectivity index (χ3n) is 6.07. The molecule has 2 saturated heterocycles. The molecular weight excluding hydrogens is 495 g/mol. The number of carbonyl (C=O) groups is 4. The van der Waals surface area contributed by atoms with Crippen molar-refractivity contribution in [3.8, 4) is 0 Å². The molecule has 2 aromatic carbocycles. The number of rotatable bonds is 7. The van der Waals surface area contributed by atoms with Crippen molar-refractivity contribution in [1.82, 2.24) is 20.0 Å². The summed E-state index contributed by atoms with van der Waals surface area (Å²) in [5.41, 5.74) is 1.36. The van der Waals surface area contributed by atoms with Crippen LogP contribution in [0.4, 0.5) is 9.18 Å². The Labute approximate surface area is 219 Å². The fraction of sp³-hybridized carbons (Fsp3) is 0.333. The molecule has 0 radical (unpaired) electrons. The maximum absolute atomic E-state index is 14.0. The Hall–Kier alpha value is -3.50. The highest BCUT2D eigenvalue weighted by Crippen LogP contribution is 2.33. The number of thioether (sulfide) groups is 1. The summed E-state index contributed by atoms with van der Waals surface area (Å²) < 4.78 is 14.0. The molecule has 2 aromatic rings. The number of carbonyl (C=O) groups excluding carboxylic acids is 4. The Morgan fingerprint density at radius 2 is 1.78 bits per heavy atom. The molecule has 194 valence electrons. The molecule has 4 rings (SSSR count). The predicted molar refractivity (Wildman–Crippen MR) is 140 cm³/mol. The fourth-order valence-electron chi connectivity index (χ4n) is 4.21. The van der Waals surface area contributed by atoms with Crippen molar-refractivity contribution in [2.75, 3.05) is 32.7 Å². The van der Waals surface area contributed by atoms with Crippen molar-refractivity contribution < 1.29 is 23.6 Å². The summed E-state index contributed by atoms with van der Waals surface area (Å²) in [6, 6.07) is 13.0. The van der Waals surface area contributed by atoms with E-state index in [1.165, 1.54) is 12.1 Å². The van der Waals surface area contributed by atoms with Crippen molar-refractivity contribution in [2.45, 2.75) is 26.4 Å². The molecule has 10 heteroatoms. The van der Waals surface area contributed by atoms with Crippen LogP contribution in [0.25, 0.3) is 6.08 Å². The maximum Gasteiger partial charge on any atom is 0.293 e. The van der Waals surface area contributed by atoms with Crippen LogP contribution in [0.2, 0.25) is 0 Å². The molecule has 0 aromatic heterocycles. The van der Waals surface area contributed by atoms with Gasteiger partial charge in [0.05, 0.1) is 18.0 Å². The van der Waals surface area contributed by atoms with Crippen molar-refractivity contribution >= 4 is 40.8 Å². The van der Waals surface area contributed by atoms with E-state index in [0.717, 1.165) is 16.7 Å². The Kier molecular flexibility index (Phi) is 8.40. The van der Waals surface area contributed by atoms with E-state index in [1.54, 1.807) is 47.4 Å². The summed E-state index contributed by atoms with van der Waals surface area (Å²) in [6.45, 7) is 6.22. The third kappa shape index (κ3) is 6.64. The predicted octanol–water partition coefficient (Wildman–Crippen LogP) is 3.34. The van der Waals surface area contributed by atoms with Gasteiger partial charge in [-0.3, -0.25) is 29.0 Å². The number of halogens is 1. The van der Waals surface area contributed by atoms with E-state index in [2.05, 4.69) is 5.32 Å². The molecule has 2 fully saturated rings. The lowest BCUT2D eigenvalue weighted by molar-refractivity contribution is -0.124. The standard InChI is InChI=1S/C27H29FN4O4S/c1-18(2)29-24(33)17-30-10-12-31(13-11-30)25(34)20-8-5-6-19(14-20)15-23-26(35)32(27(36)37-23)16-21-7-3-4-9-22(21)28/h3-9,14-15,18H,10-13,16-17H2,1-2H3,(H,29,33). The second-order valence-electron chi connectivity index (χ2n) is 9.28. The smallest absolute Gasteiger partial charge is 0.293 e. The first kappa shape index (κ1) is 26.6. The number of amides is 4. The lowest BCUT2D eigenvalue weighted by atomic mass is 10.1. The van der Waals surface area contributed by atoms with Crippen LogP contribution in [0.3, 0.4) is 0 Å². The lowest BCUT2D eigenvalue weighted by Crippen LogP contribution is -2.51. The van der Waals surface area contributed by atoms with Crippen molar-refractivity contribution in [1.29, 1.82) is 0 Å². The summed E-state index contributed by atoms with van der Waals surface area (Å²) in [5.74, 6) is -1.13. The first-order valence-electron chi connectivity index (χ1n) is 12.1. The summed E-state index contributed by atoms with van der Waals surface area (Å²) in [6.07, 6.45) is 1.58. The molecule has 0 bridgehead atoms. The van der Waals surface area contributed by atoms with Gasteiger partial charge in [0.2, 0.25) is 5.91 Å². The summed E-state index contributed by atoms with van der Waals surface area (Å²) in [5, 5.41) is 2.41. The number of benzene rings is 2. The first-order valence-corrected chi connectivity index (χ1v) is 12.9. The number of nitrogens with one attached hydrogen (secondary N) is 1. The van der Waals surface area contributed by atoms with Gasteiger partial charge in [-0.15, -0.1) is 0 Å². The average molecular weight is 525 g/mol. The van der Waals surface area contributed by atoms with Crippen LogP contribution in [0, 0.1) is 5.82 Å². The van der Waals surface area contributed by atoms with Gasteiger partial charge >= 0.3 is 0 Å². The molecule has 2 aliphatic heterocycles. The van der Waals surface area contributed by atoms with Crippen molar-refractivity contribution in [3.05, 3.63) is 75.9 Å². The fourth-order valence-corrected chi connectivity index (χ4v) is 5.05. The summed E-state index contributed by atoms with van der Waals surface area (Å²) in [7, 11) is 0. The van der Waals surface area contributed by atoms with Gasteiger partial charge in [-0.1, -0.05) is 30.3 Å². The molecule has 0 aliphatic carbocycles. The van der Waals surface area contributed by atoms with Crippen LogP contribution >= 0.6 is 11.8 Å². The molecule has 0 spiro atoms. The maximum atomic E-state index is 14.0. The number of nitrogens with zero attached hydrogens (tertiary/aromatic N) is 3. The van der Waals surface area contributed by atoms with Gasteiger partial charge in [-0.2, -0.15) is 0 Å². The number of hydrogen-bond donors (Lipinski definition) is 1. The normalized spacial score (nSPS) is 17.7. The van der Waals surface area contributed by atoms with Crippen LogP contribution in [0.1, 0.15) is 35.3 Å². The molecule has 8 nitrogen and oxygen atoms in total. The number of piperazine rings is 1. The van der Waals surface area contributed by atoms with Gasteiger partial charge in [0, 0.05) is 43.3 Å². The van der Waals surface area contributed by atoms with Gasteiger partial charge < -0.3 is 10.2 Å². The Bertz CT molecular complexity index is 1240. The van der Waals surface area contributed by atoms with E-state index < -0.39 is 17.0 Å². The first-order chi connectivity index (χ1) is 17.7. The lowest BCUT2D eigenvalue weighted by Gasteiger charge is -2.34. The van der Waals surface area contributed by atoms with E-state index in [-0.39, 0.29) is 34.9 Å². The van der Waals surface area contributed by atoms with E-state index in [9.17, 15) is 23.6 Å². The largest absolute Gasteiger partial charge is 0.353 e. The monoisotopic (exact) mass is 524 g/mol. The molecule has 2 aliphatic rings. The third-order valence-corrected chi connectivity index (χ3v) is 6.97. The Balaban J connectivity index is 1.39. The Morgan fingerprint density at radius 1 is 1.05 bits per heavy atom. The van der Waals surface area contributed by atoms with Gasteiger partial charge in [0.25, 0.3) is 17.1 Å². The van der Waals surface area contributed by atoms with Gasteiger partial charge in [-0.25, -0.2) is 4.39 Å². The molecule has 0 unspecified atom stereocenters. The van der Waals surface area contributed by atoms with Crippen LogP contribution in [0.5, 0.6) is 0 Å². The number of hydrogen-bond acceptors (Lipinski definition) is 6. The highest BCUT2D eigenvalue weighted by Gasteiger charge is 2.35. The van der Waals surface area contributed by atoms with Gasteiger partial charge in [0.15, 0.2) is 0 Å². The van der Waals surface area contributed by atoms with E-state index in [0.29, 0.717) is 43.9 Å². The van der Waals surface area contributed by atoms with Crippen molar-refractivity contribution in [2.24, 2.45) is 0 Å². The van der Waals surface area contributed by atoms with E-state index in [1.807, 2.05) is 18.7 Å². The van der Waals surface area contributed by atoms with E-state index in [4.69, 9.17) is 0 Å². The average Bonchev–Trinajstić information content (AvgIpc) is 3.12. The van der Waals surface area contributed by atoms with Crippen LogP contribution in [-0.4, -0.2) is 76.4 Å². The summed E-state index contributed by atoms with van der Waals surface area (Å²) >= 11 is 0.795. The van der Waals surface area contributed by atoms with Crippen molar-refractivity contribution in [3.63, 3.8) is 0 Å². The molecule has 37 heavy (non-hydrogen) atoms. The molecule has 1 N–H and O–H groups in total. The quantitative estimate of drug-likeness (QED) is 0.559. The molecule has 0 saturated carbocycles. The van der Waals surface area contributed by atoms with Crippen LogP contribution in [-0.2, 0) is 16.1 Å². The zero-order valence-corrected chi connectivity index (χ0v) is 21.6. The SMILES string of the molecule is CC(C)NC(=O)CN1CCN(C(=O)c2cccc(C=C3SC(=O)N(Cc4ccccc4F)C3=O)c2)CC1. The highest BCUT2D eigenvalue weighted by atomic mass is 32.2. The minimum Gasteiger partial charge on any atom is -0.353 e. The Morgan fingerprint density at radius 3 is 2.49 bits per heavy atom. The van der Waals surface area contributed by atoms with Gasteiger partial charge in [-0.05, 0) is 55.4 Å². The van der Waals surface area contributed by atoms with Crippen LogP contribution < -0.4 is 5.32 Å².